The van der Waals surface area contributed by atoms with Gasteiger partial charge in [0.2, 0.25) is 0 Å². The standard InChI is InChI=1S/C12H13F5N2O2/c13-10(14)6-21-4-3-19-11(20)7-1-2-9(18)8(5-7)12(15,16)17/h1-2,5,10H,3-4,6,18H2,(H,19,20). The summed E-state index contributed by atoms with van der Waals surface area (Å²) in [5.74, 6) is -0.777. The molecule has 21 heavy (non-hydrogen) atoms. The maximum absolute atomic E-state index is 12.6. The van der Waals surface area contributed by atoms with Gasteiger partial charge in [0, 0.05) is 17.8 Å². The number of alkyl halides is 5. The Hall–Kier alpha value is -1.90. The molecule has 1 aromatic rings. The van der Waals surface area contributed by atoms with Gasteiger partial charge in [-0.3, -0.25) is 4.79 Å². The third kappa shape index (κ3) is 5.54. The maximum atomic E-state index is 12.6. The number of amides is 1. The van der Waals surface area contributed by atoms with Crippen LogP contribution >= 0.6 is 0 Å². The van der Waals surface area contributed by atoms with E-state index < -0.39 is 36.4 Å². The molecule has 0 fully saturated rings. The number of anilines is 1. The van der Waals surface area contributed by atoms with E-state index in [0.717, 1.165) is 12.1 Å². The van der Waals surface area contributed by atoms with Gasteiger partial charge in [-0.05, 0) is 18.2 Å². The normalized spacial score (nSPS) is 11.7. The Bertz CT molecular complexity index is 491. The van der Waals surface area contributed by atoms with Crippen LogP contribution in [0.3, 0.4) is 0 Å². The molecule has 0 atom stereocenters. The summed E-state index contributed by atoms with van der Waals surface area (Å²) in [5, 5.41) is 2.25. The van der Waals surface area contributed by atoms with Crippen LogP contribution < -0.4 is 11.1 Å². The first-order valence-electron chi connectivity index (χ1n) is 5.82. The molecule has 0 aliphatic carbocycles. The van der Waals surface area contributed by atoms with Crippen LogP contribution in [0.4, 0.5) is 27.6 Å². The number of carbonyl (C=O) groups is 1. The Morgan fingerprint density at radius 3 is 2.57 bits per heavy atom. The minimum atomic E-state index is -4.67. The fourth-order valence-corrected chi connectivity index (χ4v) is 1.45. The lowest BCUT2D eigenvalue weighted by Gasteiger charge is -2.12. The fraction of sp³-hybridized carbons (Fsp3) is 0.417. The molecule has 3 N–H and O–H groups in total. The van der Waals surface area contributed by atoms with Crippen LogP contribution in [0.5, 0.6) is 0 Å². The van der Waals surface area contributed by atoms with Crippen molar-refractivity contribution in [3.63, 3.8) is 0 Å². The molecule has 0 heterocycles. The van der Waals surface area contributed by atoms with Gasteiger partial charge < -0.3 is 15.8 Å². The van der Waals surface area contributed by atoms with Gasteiger partial charge in [0.1, 0.15) is 6.61 Å². The Kier molecular flexibility index (Phi) is 5.89. The molecule has 0 spiro atoms. The highest BCUT2D eigenvalue weighted by molar-refractivity contribution is 5.94. The molecule has 9 heteroatoms. The molecule has 0 unspecified atom stereocenters. The average molecular weight is 312 g/mol. The summed E-state index contributed by atoms with van der Waals surface area (Å²) in [7, 11) is 0. The largest absolute Gasteiger partial charge is 0.418 e. The summed E-state index contributed by atoms with van der Waals surface area (Å²) >= 11 is 0. The number of hydrogen-bond acceptors (Lipinski definition) is 3. The molecule has 0 aliphatic heterocycles. The SMILES string of the molecule is Nc1ccc(C(=O)NCCOCC(F)F)cc1C(F)(F)F. The number of nitrogen functional groups attached to an aromatic ring is 1. The van der Waals surface area contributed by atoms with Gasteiger partial charge in [-0.25, -0.2) is 8.78 Å². The lowest BCUT2D eigenvalue weighted by Crippen LogP contribution is -2.28. The van der Waals surface area contributed by atoms with Crippen LogP contribution in [0.2, 0.25) is 0 Å². The van der Waals surface area contributed by atoms with Crippen molar-refractivity contribution in [3.05, 3.63) is 29.3 Å². The molecule has 1 rings (SSSR count). The van der Waals surface area contributed by atoms with E-state index in [4.69, 9.17) is 5.73 Å². The van der Waals surface area contributed by atoms with E-state index in [9.17, 15) is 26.7 Å². The zero-order valence-electron chi connectivity index (χ0n) is 10.7. The zero-order chi connectivity index (χ0) is 16.0. The molecular weight excluding hydrogens is 299 g/mol. The van der Waals surface area contributed by atoms with E-state index in [1.165, 1.54) is 0 Å². The molecule has 0 bridgehead atoms. The van der Waals surface area contributed by atoms with Crippen molar-refractivity contribution in [1.29, 1.82) is 0 Å². The molecule has 0 aromatic heterocycles. The molecule has 1 aromatic carbocycles. The monoisotopic (exact) mass is 312 g/mol. The summed E-state index contributed by atoms with van der Waals surface area (Å²) in [6, 6.07) is 2.75. The number of halogens is 5. The molecular formula is C12H13F5N2O2. The molecule has 118 valence electrons. The second-order valence-electron chi connectivity index (χ2n) is 4.02. The molecule has 1 amide bonds. The number of carbonyl (C=O) groups excluding carboxylic acids is 1. The summed E-state index contributed by atoms with van der Waals surface area (Å²) in [6.45, 7) is -1.04. The van der Waals surface area contributed by atoms with Gasteiger partial charge >= 0.3 is 6.18 Å². The van der Waals surface area contributed by atoms with E-state index in [1.54, 1.807) is 0 Å². The highest BCUT2D eigenvalue weighted by Gasteiger charge is 2.33. The molecule has 4 nitrogen and oxygen atoms in total. The van der Waals surface area contributed by atoms with Crippen LogP contribution in [0.15, 0.2) is 18.2 Å². The Balaban J connectivity index is 2.59. The smallest absolute Gasteiger partial charge is 0.398 e. The average Bonchev–Trinajstić information content (AvgIpc) is 2.36. The number of nitrogens with one attached hydrogen (secondary N) is 1. The summed E-state index contributed by atoms with van der Waals surface area (Å²) in [4.78, 5) is 11.6. The quantitative estimate of drug-likeness (QED) is 0.481. The lowest BCUT2D eigenvalue weighted by atomic mass is 10.1. The van der Waals surface area contributed by atoms with Gasteiger partial charge in [0.05, 0.1) is 12.2 Å². The maximum Gasteiger partial charge on any atom is 0.418 e. The second kappa shape index (κ2) is 7.21. The van der Waals surface area contributed by atoms with Gasteiger partial charge in [0.15, 0.2) is 0 Å². The number of rotatable bonds is 6. The number of hydrogen-bond donors (Lipinski definition) is 2. The highest BCUT2D eigenvalue weighted by atomic mass is 19.4. The van der Waals surface area contributed by atoms with E-state index in [2.05, 4.69) is 10.1 Å². The Morgan fingerprint density at radius 2 is 2.00 bits per heavy atom. The Morgan fingerprint density at radius 1 is 1.33 bits per heavy atom. The fourth-order valence-electron chi connectivity index (χ4n) is 1.45. The van der Waals surface area contributed by atoms with E-state index >= 15 is 0 Å². The first-order valence-corrected chi connectivity index (χ1v) is 5.82. The molecule has 0 saturated heterocycles. The number of ether oxygens (including phenoxy) is 1. The van der Waals surface area contributed by atoms with Crippen molar-refractivity contribution in [3.8, 4) is 0 Å². The van der Waals surface area contributed by atoms with E-state index in [0.29, 0.717) is 6.07 Å². The third-order valence-electron chi connectivity index (χ3n) is 2.40. The van der Waals surface area contributed by atoms with Crippen molar-refractivity contribution in [2.45, 2.75) is 12.6 Å². The second-order valence-corrected chi connectivity index (χ2v) is 4.02. The van der Waals surface area contributed by atoms with Gasteiger partial charge in [0.25, 0.3) is 12.3 Å². The van der Waals surface area contributed by atoms with Crippen molar-refractivity contribution < 1.29 is 31.5 Å². The number of nitrogens with two attached hydrogens (primary N) is 1. The highest BCUT2D eigenvalue weighted by Crippen LogP contribution is 2.33. The predicted octanol–water partition coefficient (Wildman–Crippen LogP) is 2.30. The minimum absolute atomic E-state index is 0.0999. The Labute approximate surface area is 117 Å². The van der Waals surface area contributed by atoms with Crippen molar-refractivity contribution in [2.24, 2.45) is 0 Å². The molecule has 0 aliphatic rings. The summed E-state index contributed by atoms with van der Waals surface area (Å²) in [6.07, 6.45) is -7.28. The third-order valence-corrected chi connectivity index (χ3v) is 2.40. The first-order chi connectivity index (χ1) is 9.71. The predicted molar refractivity (Wildman–Crippen MR) is 65.0 cm³/mol. The first kappa shape index (κ1) is 17.2. The minimum Gasteiger partial charge on any atom is -0.398 e. The van der Waals surface area contributed by atoms with E-state index in [1.807, 2.05) is 0 Å². The van der Waals surface area contributed by atoms with Crippen LogP contribution in [0, 0.1) is 0 Å². The summed E-state index contributed by atoms with van der Waals surface area (Å²) < 4.78 is 65.9. The van der Waals surface area contributed by atoms with Crippen LogP contribution in [-0.4, -0.2) is 32.1 Å². The van der Waals surface area contributed by atoms with Gasteiger partial charge in [-0.1, -0.05) is 0 Å². The molecule has 0 radical (unpaired) electrons. The van der Waals surface area contributed by atoms with Gasteiger partial charge in [-0.2, -0.15) is 13.2 Å². The van der Waals surface area contributed by atoms with Crippen molar-refractivity contribution in [1.82, 2.24) is 5.32 Å². The van der Waals surface area contributed by atoms with Crippen molar-refractivity contribution >= 4 is 11.6 Å². The van der Waals surface area contributed by atoms with E-state index in [-0.39, 0.29) is 18.7 Å². The number of benzene rings is 1. The van der Waals surface area contributed by atoms with Crippen LogP contribution in [-0.2, 0) is 10.9 Å². The van der Waals surface area contributed by atoms with Crippen LogP contribution in [0.1, 0.15) is 15.9 Å². The topological polar surface area (TPSA) is 64.4 Å². The van der Waals surface area contributed by atoms with Gasteiger partial charge in [-0.15, -0.1) is 0 Å². The zero-order valence-corrected chi connectivity index (χ0v) is 10.7. The summed E-state index contributed by atoms with van der Waals surface area (Å²) in [5.41, 5.74) is 3.38. The lowest BCUT2D eigenvalue weighted by molar-refractivity contribution is -0.136. The van der Waals surface area contributed by atoms with Crippen LogP contribution in [0.25, 0.3) is 0 Å². The van der Waals surface area contributed by atoms with Crippen molar-refractivity contribution in [2.75, 3.05) is 25.5 Å². The molecule has 0 saturated carbocycles.